The Morgan fingerprint density at radius 1 is 0.299 bits per heavy atom. The van der Waals surface area contributed by atoms with E-state index in [2.05, 4.69) is 191 Å². The first-order chi connectivity index (χ1) is 33.2. The fourth-order valence-corrected chi connectivity index (χ4v) is 10.9. The Hall–Kier alpha value is -9.06. The normalized spacial score (nSPS) is 12.2. The maximum Gasteiger partial charge on any atom is 0.136 e. The third kappa shape index (κ3) is 5.37. The van der Waals surface area contributed by atoms with Gasteiger partial charge in [0.25, 0.3) is 0 Å². The second-order valence-electron chi connectivity index (χ2n) is 17.8. The predicted octanol–water partition coefficient (Wildman–Crippen LogP) is 16.5. The summed E-state index contributed by atoms with van der Waals surface area (Å²) in [5.41, 5.74) is 14.0. The molecule has 0 aliphatic rings. The van der Waals surface area contributed by atoms with E-state index in [4.69, 9.17) is 14.4 Å². The molecule has 0 atom stereocenters. The Balaban J connectivity index is 0.903. The maximum atomic E-state index is 6.35. The second kappa shape index (κ2) is 13.7. The molecule has 0 N–H and O–H groups in total. The predicted molar refractivity (Wildman–Crippen MR) is 279 cm³/mol. The summed E-state index contributed by atoms with van der Waals surface area (Å²) < 4.78 is 11.2. The van der Waals surface area contributed by atoms with Gasteiger partial charge in [0.15, 0.2) is 0 Å². The summed E-state index contributed by atoms with van der Waals surface area (Å²) in [5, 5.41) is 14.4. The second-order valence-corrected chi connectivity index (χ2v) is 17.8. The largest absolute Gasteiger partial charge is 0.456 e. The molecular weight excluding hydrogens is 817 g/mol. The van der Waals surface area contributed by atoms with Gasteiger partial charge in [-0.2, -0.15) is 0 Å². The Morgan fingerprint density at radius 2 is 0.866 bits per heavy atom. The van der Waals surface area contributed by atoms with Gasteiger partial charge in [-0.25, -0.2) is 9.97 Å². The minimum Gasteiger partial charge on any atom is -0.456 e. The van der Waals surface area contributed by atoms with Crippen molar-refractivity contribution in [2.45, 2.75) is 0 Å². The molecule has 0 aliphatic carbocycles. The number of para-hydroxylation sites is 5. The summed E-state index contributed by atoms with van der Waals surface area (Å²) in [4.78, 5) is 10.6. The molecule has 5 heteroatoms. The molecule has 5 nitrogen and oxygen atoms in total. The molecule has 67 heavy (non-hydrogen) atoms. The van der Waals surface area contributed by atoms with Gasteiger partial charge < -0.3 is 13.6 Å². The van der Waals surface area contributed by atoms with Gasteiger partial charge >= 0.3 is 0 Å². The minimum atomic E-state index is 0.819. The average molecular weight is 853 g/mol. The third-order valence-corrected chi connectivity index (χ3v) is 14.0. The number of aromatic nitrogens is 4. The highest BCUT2D eigenvalue weighted by atomic mass is 16.3. The number of fused-ring (bicyclic) bond motifs is 14. The van der Waals surface area contributed by atoms with Gasteiger partial charge in [0.1, 0.15) is 11.2 Å². The molecular formula is C62H36N4O. The lowest BCUT2D eigenvalue weighted by Crippen LogP contribution is -1.96. The van der Waals surface area contributed by atoms with Crippen LogP contribution in [-0.4, -0.2) is 19.1 Å². The van der Waals surface area contributed by atoms with Crippen LogP contribution in [0.3, 0.4) is 0 Å². The highest BCUT2D eigenvalue weighted by molar-refractivity contribution is 6.21. The van der Waals surface area contributed by atoms with Crippen molar-refractivity contribution >= 4 is 109 Å². The van der Waals surface area contributed by atoms with Crippen LogP contribution >= 0.6 is 0 Å². The molecule has 0 spiro atoms. The topological polar surface area (TPSA) is 48.8 Å². The lowest BCUT2D eigenvalue weighted by atomic mass is 9.99. The molecule has 15 aromatic rings. The first-order valence-corrected chi connectivity index (χ1v) is 22.8. The maximum absolute atomic E-state index is 6.35. The van der Waals surface area contributed by atoms with E-state index in [9.17, 15) is 0 Å². The molecule has 0 fully saturated rings. The number of benzene rings is 11. The van der Waals surface area contributed by atoms with Gasteiger partial charge in [-0.05, 0) is 123 Å². The summed E-state index contributed by atoms with van der Waals surface area (Å²) >= 11 is 0. The molecule has 0 bridgehead atoms. The van der Waals surface area contributed by atoms with Crippen LogP contribution in [0.1, 0.15) is 0 Å². The molecule has 0 aliphatic heterocycles. The van der Waals surface area contributed by atoms with Gasteiger partial charge in [-0.1, -0.05) is 127 Å². The Labute approximate surface area is 383 Å². The number of rotatable bonds is 4. The lowest BCUT2D eigenvalue weighted by Gasteiger charge is -2.13. The molecule has 15 rings (SSSR count). The Morgan fingerprint density at radius 3 is 1.67 bits per heavy atom. The van der Waals surface area contributed by atoms with Crippen molar-refractivity contribution in [3.05, 3.63) is 218 Å². The van der Waals surface area contributed by atoms with Crippen molar-refractivity contribution in [3.8, 4) is 33.9 Å². The molecule has 4 heterocycles. The number of hydrogen-bond donors (Lipinski definition) is 0. The van der Waals surface area contributed by atoms with Crippen molar-refractivity contribution in [1.82, 2.24) is 19.1 Å². The zero-order valence-corrected chi connectivity index (χ0v) is 36.0. The number of furan rings is 1. The quantitative estimate of drug-likeness (QED) is 0.177. The van der Waals surface area contributed by atoms with Crippen molar-refractivity contribution in [3.63, 3.8) is 0 Å². The van der Waals surface area contributed by atoms with E-state index in [0.717, 1.165) is 77.6 Å². The van der Waals surface area contributed by atoms with Gasteiger partial charge in [-0.15, -0.1) is 0 Å². The zero-order valence-electron chi connectivity index (χ0n) is 36.0. The molecule has 0 saturated carbocycles. The molecule has 11 aromatic carbocycles. The molecule has 0 unspecified atom stereocenters. The summed E-state index contributed by atoms with van der Waals surface area (Å²) in [6.07, 6.45) is 0. The van der Waals surface area contributed by atoms with Crippen LogP contribution in [0.2, 0.25) is 0 Å². The van der Waals surface area contributed by atoms with Crippen molar-refractivity contribution < 1.29 is 4.42 Å². The van der Waals surface area contributed by atoms with Crippen LogP contribution in [0, 0.1) is 0 Å². The van der Waals surface area contributed by atoms with Crippen LogP contribution in [0.15, 0.2) is 223 Å². The van der Waals surface area contributed by atoms with Crippen LogP contribution in [0.5, 0.6) is 0 Å². The van der Waals surface area contributed by atoms with Crippen molar-refractivity contribution in [2.24, 2.45) is 0 Å². The van der Waals surface area contributed by atoms with Crippen molar-refractivity contribution in [1.29, 1.82) is 0 Å². The third-order valence-electron chi connectivity index (χ3n) is 14.0. The van der Waals surface area contributed by atoms with E-state index in [-0.39, 0.29) is 0 Å². The summed E-state index contributed by atoms with van der Waals surface area (Å²) in [5.74, 6) is 0. The van der Waals surface area contributed by atoms with E-state index >= 15 is 0 Å². The highest BCUT2D eigenvalue weighted by Gasteiger charge is 2.19. The summed E-state index contributed by atoms with van der Waals surface area (Å²) in [6, 6.07) is 78.7. The van der Waals surface area contributed by atoms with Gasteiger partial charge in [-0.3, -0.25) is 0 Å². The fraction of sp³-hybridized carbons (Fsp3) is 0. The van der Waals surface area contributed by atoms with E-state index in [1.54, 1.807) is 0 Å². The van der Waals surface area contributed by atoms with Crippen LogP contribution < -0.4 is 0 Å². The highest BCUT2D eigenvalue weighted by Crippen LogP contribution is 2.41. The molecule has 310 valence electrons. The molecule has 4 aromatic heterocycles. The lowest BCUT2D eigenvalue weighted by molar-refractivity contribution is 0.669. The monoisotopic (exact) mass is 852 g/mol. The van der Waals surface area contributed by atoms with Crippen molar-refractivity contribution in [2.75, 3.05) is 0 Å². The summed E-state index contributed by atoms with van der Waals surface area (Å²) in [7, 11) is 0. The van der Waals surface area contributed by atoms with Crippen LogP contribution in [0.25, 0.3) is 143 Å². The van der Waals surface area contributed by atoms with Crippen LogP contribution in [-0.2, 0) is 0 Å². The van der Waals surface area contributed by atoms with Gasteiger partial charge in [0.05, 0.1) is 44.5 Å². The average Bonchev–Trinajstić information content (AvgIpc) is 4.04. The van der Waals surface area contributed by atoms with E-state index < -0.39 is 0 Å². The standard InChI is InChI=1S/C62H36N4O/c1-2-12-46-38(11-1)26-30-56-60(46)50-15-4-9-19-55(50)65(56)44-28-24-39-34-51-47-13-3-8-18-54(47)66(57(51)35-43(39)33-44)45-27-23-37-21-22-40(31-42(37)32-45)61-62(64-53-17-7-6-16-52(53)63-61)41-25-29-49-48-14-5-10-20-58(48)67-59(49)36-41/h1-36H. The van der Waals surface area contributed by atoms with E-state index in [1.807, 2.05) is 36.4 Å². The number of hydrogen-bond acceptors (Lipinski definition) is 3. The smallest absolute Gasteiger partial charge is 0.136 e. The van der Waals surface area contributed by atoms with E-state index in [0.29, 0.717) is 0 Å². The van der Waals surface area contributed by atoms with Gasteiger partial charge in [0, 0.05) is 54.8 Å². The molecule has 0 saturated heterocycles. The first kappa shape index (κ1) is 36.3. The zero-order chi connectivity index (χ0) is 43.7. The SMILES string of the molecule is c1ccc2c(c1)ccc1c2c2ccccc2n1-c1ccc2cc3c4ccccc4n(-c4ccc5ccc(-c6nc7ccccc7nc6-c6ccc7c(c6)oc6ccccc67)cc5c4)c3cc2c1. The van der Waals surface area contributed by atoms with Gasteiger partial charge in [0.2, 0.25) is 0 Å². The molecule has 0 amide bonds. The van der Waals surface area contributed by atoms with Crippen LogP contribution in [0.4, 0.5) is 0 Å². The number of nitrogens with zero attached hydrogens (tertiary/aromatic N) is 4. The first-order valence-electron chi connectivity index (χ1n) is 22.8. The Kier molecular flexibility index (Phi) is 7.44. The fourth-order valence-electron chi connectivity index (χ4n) is 10.9. The summed E-state index contributed by atoms with van der Waals surface area (Å²) in [6.45, 7) is 0. The van der Waals surface area contributed by atoms with E-state index in [1.165, 1.54) is 65.2 Å². The minimum absolute atomic E-state index is 0.819. The Bertz CT molecular complexity index is 4590. The molecule has 0 radical (unpaired) electrons.